The Morgan fingerprint density at radius 1 is 1.37 bits per heavy atom. The van der Waals surface area contributed by atoms with Gasteiger partial charge in [-0.25, -0.2) is 0 Å². The molecule has 0 aromatic heterocycles. The van der Waals surface area contributed by atoms with Crippen molar-refractivity contribution in [1.82, 2.24) is 4.90 Å². The average molecular weight is 394 g/mol. The van der Waals surface area contributed by atoms with Gasteiger partial charge in [0.1, 0.15) is 0 Å². The second-order valence-corrected chi connectivity index (χ2v) is 5.94. The van der Waals surface area contributed by atoms with Crippen molar-refractivity contribution >= 4 is 43.5 Å². The number of benzene rings is 1. The van der Waals surface area contributed by atoms with Crippen LogP contribution in [0.4, 0.5) is 5.69 Å². The van der Waals surface area contributed by atoms with E-state index in [-0.39, 0.29) is 19.1 Å². The van der Waals surface area contributed by atoms with E-state index in [1.807, 2.05) is 30.0 Å². The highest BCUT2D eigenvalue weighted by atomic mass is 79.9. The molecule has 2 N–H and O–H groups in total. The van der Waals surface area contributed by atoms with Crippen LogP contribution >= 0.6 is 31.9 Å². The Bertz CT molecular complexity index is 421. The van der Waals surface area contributed by atoms with Crippen molar-refractivity contribution in [2.75, 3.05) is 31.6 Å². The molecule has 0 fully saturated rings. The van der Waals surface area contributed by atoms with Crippen molar-refractivity contribution in [3.8, 4) is 0 Å². The topological polar surface area (TPSA) is 52.6 Å². The van der Waals surface area contributed by atoms with E-state index in [9.17, 15) is 4.79 Å². The van der Waals surface area contributed by atoms with Crippen LogP contribution in [0.5, 0.6) is 0 Å². The summed E-state index contributed by atoms with van der Waals surface area (Å²) in [5, 5.41) is 11.8. The number of aliphatic hydroxyl groups is 1. The fraction of sp³-hybridized carbons (Fsp3) is 0.462. The lowest BCUT2D eigenvalue weighted by Gasteiger charge is -2.20. The number of carbonyl (C=O) groups excluding carboxylic acids is 1. The molecule has 0 heterocycles. The van der Waals surface area contributed by atoms with E-state index >= 15 is 0 Å². The van der Waals surface area contributed by atoms with Gasteiger partial charge in [-0.1, -0.05) is 22.9 Å². The second kappa shape index (κ2) is 8.68. The van der Waals surface area contributed by atoms with Gasteiger partial charge in [0.2, 0.25) is 5.91 Å². The van der Waals surface area contributed by atoms with Gasteiger partial charge in [0.25, 0.3) is 0 Å². The SMILES string of the molecule is CCCN(CCO)CC(=O)Nc1ccc(Br)cc1Br. The maximum atomic E-state index is 11.9. The predicted octanol–water partition coefficient (Wildman–Crippen LogP) is 2.85. The number of carbonyl (C=O) groups is 1. The van der Waals surface area contributed by atoms with E-state index in [4.69, 9.17) is 5.11 Å². The molecule has 0 atom stereocenters. The number of aliphatic hydroxyl groups excluding tert-OH is 1. The Morgan fingerprint density at radius 2 is 2.11 bits per heavy atom. The van der Waals surface area contributed by atoms with E-state index < -0.39 is 0 Å². The van der Waals surface area contributed by atoms with Crippen molar-refractivity contribution in [1.29, 1.82) is 0 Å². The molecule has 0 spiro atoms. The van der Waals surface area contributed by atoms with E-state index in [1.54, 1.807) is 0 Å². The zero-order chi connectivity index (χ0) is 14.3. The highest BCUT2D eigenvalue weighted by Gasteiger charge is 2.11. The molecule has 0 unspecified atom stereocenters. The van der Waals surface area contributed by atoms with Crippen LogP contribution in [-0.2, 0) is 4.79 Å². The van der Waals surface area contributed by atoms with Crippen LogP contribution in [-0.4, -0.2) is 42.2 Å². The highest BCUT2D eigenvalue weighted by Crippen LogP contribution is 2.26. The number of hydrogen-bond donors (Lipinski definition) is 2. The summed E-state index contributed by atoms with van der Waals surface area (Å²) in [4.78, 5) is 13.9. The number of rotatable bonds is 7. The standard InChI is InChI=1S/C13H18Br2N2O2/c1-2-5-17(6-7-18)9-13(19)16-12-4-3-10(14)8-11(12)15/h3-4,8,18H,2,5-7,9H2,1H3,(H,16,19). The third-order valence-corrected chi connectivity index (χ3v) is 3.68. The van der Waals surface area contributed by atoms with Crippen molar-refractivity contribution in [3.63, 3.8) is 0 Å². The number of halogens is 2. The van der Waals surface area contributed by atoms with Gasteiger partial charge in [0.15, 0.2) is 0 Å². The largest absolute Gasteiger partial charge is 0.395 e. The predicted molar refractivity (Wildman–Crippen MR) is 84.3 cm³/mol. The molecule has 1 rings (SSSR count). The minimum atomic E-state index is -0.0788. The van der Waals surface area contributed by atoms with Gasteiger partial charge in [-0.05, 0) is 47.1 Å². The van der Waals surface area contributed by atoms with Crippen molar-refractivity contribution in [2.45, 2.75) is 13.3 Å². The first-order chi connectivity index (χ1) is 9.06. The fourth-order valence-corrected chi connectivity index (χ4v) is 2.86. The molecule has 1 amide bonds. The second-order valence-electron chi connectivity index (χ2n) is 4.17. The summed E-state index contributed by atoms with van der Waals surface area (Å²) in [6.45, 7) is 3.72. The molecule has 0 radical (unpaired) electrons. The first-order valence-electron chi connectivity index (χ1n) is 6.15. The maximum Gasteiger partial charge on any atom is 0.238 e. The summed E-state index contributed by atoms with van der Waals surface area (Å²) >= 11 is 6.77. The Morgan fingerprint density at radius 3 is 2.68 bits per heavy atom. The molecule has 0 aliphatic carbocycles. The third-order valence-electron chi connectivity index (χ3n) is 2.53. The molecule has 0 bridgehead atoms. The van der Waals surface area contributed by atoms with Crippen molar-refractivity contribution in [3.05, 3.63) is 27.1 Å². The van der Waals surface area contributed by atoms with Crippen LogP contribution in [0.1, 0.15) is 13.3 Å². The van der Waals surface area contributed by atoms with Crippen molar-refractivity contribution < 1.29 is 9.90 Å². The van der Waals surface area contributed by atoms with Gasteiger partial charge >= 0.3 is 0 Å². The summed E-state index contributed by atoms with van der Waals surface area (Å²) in [5.41, 5.74) is 0.744. The van der Waals surface area contributed by atoms with Gasteiger partial charge < -0.3 is 10.4 Å². The Kier molecular flexibility index (Phi) is 7.60. The fourth-order valence-electron chi connectivity index (χ4n) is 1.71. The Balaban J connectivity index is 2.58. The van der Waals surface area contributed by atoms with E-state index in [0.29, 0.717) is 6.54 Å². The third kappa shape index (κ3) is 6.03. The molecule has 106 valence electrons. The van der Waals surface area contributed by atoms with Crippen LogP contribution in [0.3, 0.4) is 0 Å². The van der Waals surface area contributed by atoms with Crippen LogP contribution in [0.2, 0.25) is 0 Å². The van der Waals surface area contributed by atoms with Crippen molar-refractivity contribution in [2.24, 2.45) is 0 Å². The minimum Gasteiger partial charge on any atom is -0.395 e. The minimum absolute atomic E-state index is 0.0647. The van der Waals surface area contributed by atoms with Gasteiger partial charge in [-0.2, -0.15) is 0 Å². The molecule has 1 aromatic rings. The molecule has 0 aliphatic heterocycles. The monoisotopic (exact) mass is 392 g/mol. The first-order valence-corrected chi connectivity index (χ1v) is 7.73. The van der Waals surface area contributed by atoms with E-state index in [1.165, 1.54) is 0 Å². The van der Waals surface area contributed by atoms with Crippen LogP contribution in [0, 0.1) is 0 Å². The quantitative estimate of drug-likeness (QED) is 0.748. The Hall–Kier alpha value is -0.430. The molecular formula is C13H18Br2N2O2. The summed E-state index contributed by atoms with van der Waals surface area (Å²) in [6, 6.07) is 5.59. The van der Waals surface area contributed by atoms with Gasteiger partial charge in [-0.3, -0.25) is 9.69 Å². The maximum absolute atomic E-state index is 11.9. The molecule has 0 saturated heterocycles. The number of anilines is 1. The van der Waals surface area contributed by atoms with E-state index in [2.05, 4.69) is 37.2 Å². The summed E-state index contributed by atoms with van der Waals surface area (Å²) in [6.07, 6.45) is 0.954. The summed E-state index contributed by atoms with van der Waals surface area (Å²) < 4.78 is 1.78. The molecule has 0 aliphatic rings. The van der Waals surface area contributed by atoms with Gasteiger partial charge in [-0.15, -0.1) is 0 Å². The smallest absolute Gasteiger partial charge is 0.238 e. The number of nitrogens with one attached hydrogen (secondary N) is 1. The number of nitrogens with zero attached hydrogens (tertiary/aromatic N) is 1. The lowest BCUT2D eigenvalue weighted by atomic mass is 10.3. The molecule has 6 heteroatoms. The molecule has 19 heavy (non-hydrogen) atoms. The molecule has 1 aromatic carbocycles. The number of amides is 1. The zero-order valence-corrected chi connectivity index (χ0v) is 14.0. The van der Waals surface area contributed by atoms with Gasteiger partial charge in [0.05, 0.1) is 18.8 Å². The Labute approximate surface area is 130 Å². The van der Waals surface area contributed by atoms with Crippen LogP contribution in [0.15, 0.2) is 27.1 Å². The number of hydrogen-bond acceptors (Lipinski definition) is 3. The molecule has 4 nitrogen and oxygen atoms in total. The van der Waals surface area contributed by atoms with E-state index in [0.717, 1.165) is 27.6 Å². The highest BCUT2D eigenvalue weighted by molar-refractivity contribution is 9.11. The normalized spacial score (nSPS) is 10.8. The lowest BCUT2D eigenvalue weighted by Crippen LogP contribution is -2.35. The average Bonchev–Trinajstić information content (AvgIpc) is 2.33. The van der Waals surface area contributed by atoms with Gasteiger partial charge in [0, 0.05) is 15.5 Å². The zero-order valence-electron chi connectivity index (χ0n) is 10.8. The molecule has 0 saturated carbocycles. The molecular weight excluding hydrogens is 376 g/mol. The lowest BCUT2D eigenvalue weighted by molar-refractivity contribution is -0.117. The summed E-state index contributed by atoms with van der Waals surface area (Å²) in [5.74, 6) is -0.0788. The van der Waals surface area contributed by atoms with Crippen LogP contribution < -0.4 is 5.32 Å². The van der Waals surface area contributed by atoms with Crippen LogP contribution in [0.25, 0.3) is 0 Å². The summed E-state index contributed by atoms with van der Waals surface area (Å²) in [7, 11) is 0. The first kappa shape index (κ1) is 16.6.